The van der Waals surface area contributed by atoms with Gasteiger partial charge in [0.25, 0.3) is 0 Å². The summed E-state index contributed by atoms with van der Waals surface area (Å²) < 4.78 is 0. The van der Waals surface area contributed by atoms with E-state index in [1.54, 1.807) is 0 Å². The Morgan fingerprint density at radius 1 is 1.12 bits per heavy atom. The van der Waals surface area contributed by atoms with Gasteiger partial charge >= 0.3 is 0 Å². The summed E-state index contributed by atoms with van der Waals surface area (Å²) >= 11 is 0. The van der Waals surface area contributed by atoms with Crippen molar-refractivity contribution in [1.29, 1.82) is 0 Å². The molecule has 0 amide bonds. The van der Waals surface area contributed by atoms with Crippen molar-refractivity contribution in [3.05, 3.63) is 12.2 Å². The first-order chi connectivity index (χ1) is 7.15. The van der Waals surface area contributed by atoms with Crippen molar-refractivity contribution >= 4 is 0 Å². The van der Waals surface area contributed by atoms with E-state index in [0.717, 1.165) is 0 Å². The number of nitrogens with one attached hydrogen (secondary N) is 1. The molecule has 0 heterocycles. The second kappa shape index (κ2) is 5.86. The minimum absolute atomic E-state index is 0.321. The van der Waals surface area contributed by atoms with Crippen LogP contribution in [-0.4, -0.2) is 13.1 Å². The second-order valence-corrected chi connectivity index (χ2v) is 6.71. The molecule has 2 unspecified atom stereocenters. The van der Waals surface area contributed by atoms with Gasteiger partial charge in [0.05, 0.1) is 0 Å². The fourth-order valence-corrected chi connectivity index (χ4v) is 2.10. The van der Waals surface area contributed by atoms with Crippen LogP contribution in [0.3, 0.4) is 0 Å². The lowest BCUT2D eigenvalue weighted by Gasteiger charge is -2.39. The lowest BCUT2D eigenvalue weighted by atomic mass is 9.70. The third-order valence-electron chi connectivity index (χ3n) is 3.84. The first kappa shape index (κ1) is 15.7. The summed E-state index contributed by atoms with van der Waals surface area (Å²) in [5, 5.41) is 3.47. The largest absolute Gasteiger partial charge is 0.316 e. The van der Waals surface area contributed by atoms with Gasteiger partial charge in [-0.25, -0.2) is 0 Å². The van der Waals surface area contributed by atoms with E-state index in [-0.39, 0.29) is 0 Å². The molecule has 0 bridgehead atoms. The average Bonchev–Trinajstić information content (AvgIpc) is 2.12. The highest BCUT2D eigenvalue weighted by Crippen LogP contribution is 2.36. The Labute approximate surface area is 103 Å². The van der Waals surface area contributed by atoms with Gasteiger partial charge in [-0.3, -0.25) is 0 Å². The molecule has 0 aromatic heterocycles. The summed E-state index contributed by atoms with van der Waals surface area (Å²) in [4.78, 5) is 0. The number of hydrogen-bond acceptors (Lipinski definition) is 1. The van der Waals surface area contributed by atoms with Gasteiger partial charge < -0.3 is 5.32 Å². The molecule has 96 valence electrons. The third-order valence-corrected chi connectivity index (χ3v) is 3.84. The van der Waals surface area contributed by atoms with Crippen LogP contribution in [0.1, 0.15) is 54.9 Å². The molecule has 0 aliphatic carbocycles. The highest BCUT2D eigenvalue weighted by molar-refractivity contribution is 4.95. The van der Waals surface area contributed by atoms with Crippen LogP contribution in [-0.2, 0) is 0 Å². The van der Waals surface area contributed by atoms with Crippen LogP contribution in [0, 0.1) is 16.7 Å². The number of hydrogen-bond donors (Lipinski definition) is 1. The number of rotatable bonds is 5. The van der Waals surface area contributed by atoms with Crippen molar-refractivity contribution < 1.29 is 0 Å². The van der Waals surface area contributed by atoms with Gasteiger partial charge in [0, 0.05) is 6.04 Å². The van der Waals surface area contributed by atoms with Gasteiger partial charge in [0.1, 0.15) is 0 Å². The average molecular weight is 225 g/mol. The van der Waals surface area contributed by atoms with Gasteiger partial charge in [0.2, 0.25) is 0 Å². The second-order valence-electron chi connectivity index (χ2n) is 6.71. The lowest BCUT2D eigenvalue weighted by Crippen LogP contribution is -2.42. The molecule has 0 saturated heterocycles. The van der Waals surface area contributed by atoms with Crippen molar-refractivity contribution in [2.45, 2.75) is 60.9 Å². The molecule has 0 aliphatic heterocycles. The normalized spacial score (nSPS) is 17.8. The SMILES string of the molecule is CC=CC(C)C(C)(C)CC(NC)C(C)(C)C. The van der Waals surface area contributed by atoms with Gasteiger partial charge in [-0.1, -0.05) is 53.7 Å². The lowest BCUT2D eigenvalue weighted by molar-refractivity contribution is 0.159. The van der Waals surface area contributed by atoms with Crippen LogP contribution in [0.4, 0.5) is 0 Å². The zero-order chi connectivity index (χ0) is 13.0. The molecule has 0 spiro atoms. The molecule has 0 fully saturated rings. The van der Waals surface area contributed by atoms with Crippen LogP contribution in [0.5, 0.6) is 0 Å². The Balaban J connectivity index is 4.67. The van der Waals surface area contributed by atoms with E-state index in [1.807, 2.05) is 0 Å². The summed E-state index contributed by atoms with van der Waals surface area (Å²) in [6.45, 7) is 16.1. The molecule has 0 radical (unpaired) electrons. The molecule has 0 aromatic rings. The van der Waals surface area contributed by atoms with Crippen molar-refractivity contribution in [1.82, 2.24) is 5.32 Å². The number of allylic oxidation sites excluding steroid dienone is 2. The van der Waals surface area contributed by atoms with Crippen molar-refractivity contribution in [2.75, 3.05) is 7.05 Å². The first-order valence-corrected chi connectivity index (χ1v) is 6.45. The van der Waals surface area contributed by atoms with E-state index in [2.05, 4.69) is 73.0 Å². The fraction of sp³-hybridized carbons (Fsp3) is 0.867. The van der Waals surface area contributed by atoms with E-state index in [4.69, 9.17) is 0 Å². The predicted octanol–water partition coefficient (Wildman–Crippen LogP) is 4.25. The third kappa shape index (κ3) is 4.69. The smallest absolute Gasteiger partial charge is 0.0118 e. The quantitative estimate of drug-likeness (QED) is 0.690. The molecule has 0 aliphatic rings. The monoisotopic (exact) mass is 225 g/mol. The molecular formula is C15H31N. The summed E-state index contributed by atoms with van der Waals surface area (Å²) in [5.74, 6) is 0.621. The van der Waals surface area contributed by atoms with Crippen LogP contribution in [0.2, 0.25) is 0 Å². The van der Waals surface area contributed by atoms with Gasteiger partial charge in [-0.2, -0.15) is 0 Å². The van der Waals surface area contributed by atoms with E-state index in [9.17, 15) is 0 Å². The molecule has 0 rings (SSSR count). The van der Waals surface area contributed by atoms with Crippen LogP contribution < -0.4 is 5.32 Å². The molecular weight excluding hydrogens is 194 g/mol. The Bertz CT molecular complexity index is 220. The first-order valence-electron chi connectivity index (χ1n) is 6.45. The molecule has 1 nitrogen and oxygen atoms in total. The van der Waals surface area contributed by atoms with Gasteiger partial charge in [-0.05, 0) is 37.1 Å². The standard InChI is InChI=1S/C15H31N/c1-9-10-12(2)15(6,7)11-13(16-8)14(3,4)5/h9-10,12-13,16H,11H2,1-8H3. The van der Waals surface area contributed by atoms with Gasteiger partial charge in [-0.15, -0.1) is 0 Å². The van der Waals surface area contributed by atoms with Crippen LogP contribution >= 0.6 is 0 Å². The summed E-state index contributed by atoms with van der Waals surface area (Å²) in [6.07, 6.45) is 5.69. The molecule has 1 heteroatoms. The molecule has 2 atom stereocenters. The summed E-state index contributed by atoms with van der Waals surface area (Å²) in [6, 6.07) is 0.565. The minimum atomic E-state index is 0.321. The van der Waals surface area contributed by atoms with Crippen LogP contribution in [0.15, 0.2) is 12.2 Å². The van der Waals surface area contributed by atoms with E-state index < -0.39 is 0 Å². The van der Waals surface area contributed by atoms with E-state index >= 15 is 0 Å². The summed E-state index contributed by atoms with van der Waals surface area (Å²) in [5.41, 5.74) is 0.662. The maximum absolute atomic E-state index is 3.47. The Kier molecular flexibility index (Phi) is 5.75. The predicted molar refractivity (Wildman–Crippen MR) is 74.7 cm³/mol. The Hall–Kier alpha value is -0.300. The molecule has 1 N–H and O–H groups in total. The Morgan fingerprint density at radius 2 is 1.62 bits per heavy atom. The maximum Gasteiger partial charge on any atom is 0.0118 e. The molecule has 16 heavy (non-hydrogen) atoms. The maximum atomic E-state index is 3.47. The molecule has 0 saturated carbocycles. The van der Waals surface area contributed by atoms with Crippen molar-refractivity contribution in [3.63, 3.8) is 0 Å². The minimum Gasteiger partial charge on any atom is -0.316 e. The van der Waals surface area contributed by atoms with Crippen molar-refractivity contribution in [3.8, 4) is 0 Å². The van der Waals surface area contributed by atoms with Crippen molar-refractivity contribution in [2.24, 2.45) is 16.7 Å². The molecule has 0 aromatic carbocycles. The highest BCUT2D eigenvalue weighted by Gasteiger charge is 2.32. The van der Waals surface area contributed by atoms with Gasteiger partial charge in [0.15, 0.2) is 0 Å². The Morgan fingerprint density at radius 3 is 1.94 bits per heavy atom. The fourth-order valence-electron chi connectivity index (χ4n) is 2.10. The van der Waals surface area contributed by atoms with E-state index in [0.29, 0.717) is 22.8 Å². The van der Waals surface area contributed by atoms with E-state index in [1.165, 1.54) is 6.42 Å². The summed E-state index contributed by atoms with van der Waals surface area (Å²) in [7, 11) is 2.08. The highest BCUT2D eigenvalue weighted by atomic mass is 14.9. The topological polar surface area (TPSA) is 12.0 Å². The van der Waals surface area contributed by atoms with Crippen LogP contribution in [0.25, 0.3) is 0 Å². The zero-order valence-corrected chi connectivity index (χ0v) is 12.5. The zero-order valence-electron chi connectivity index (χ0n) is 12.5.